The summed E-state index contributed by atoms with van der Waals surface area (Å²) in [5.74, 6) is 1.88. The molecule has 1 aromatic heterocycles. The van der Waals surface area contributed by atoms with E-state index in [4.69, 9.17) is 9.73 Å². The van der Waals surface area contributed by atoms with Crippen molar-refractivity contribution in [2.24, 2.45) is 4.99 Å². The van der Waals surface area contributed by atoms with E-state index in [0.717, 1.165) is 76.1 Å². The number of pyridine rings is 1. The van der Waals surface area contributed by atoms with E-state index in [0.29, 0.717) is 0 Å². The van der Waals surface area contributed by atoms with Gasteiger partial charge < -0.3 is 24.4 Å². The van der Waals surface area contributed by atoms with Crippen molar-refractivity contribution >= 4 is 35.6 Å². The van der Waals surface area contributed by atoms with E-state index in [1.165, 1.54) is 5.69 Å². The number of rotatable bonds is 8. The number of aryl methyl sites for hydroxylation is 1. The third-order valence-corrected chi connectivity index (χ3v) is 5.65. The van der Waals surface area contributed by atoms with Gasteiger partial charge in [0.1, 0.15) is 5.75 Å². The van der Waals surface area contributed by atoms with Crippen molar-refractivity contribution in [1.82, 2.24) is 14.8 Å². The molecule has 176 valence electrons. The highest BCUT2D eigenvalue weighted by molar-refractivity contribution is 14.0. The molecular weight excluding hydrogens is 517 g/mol. The summed E-state index contributed by atoms with van der Waals surface area (Å²) in [7, 11) is 1.70. The molecule has 1 aliphatic rings. The molecule has 1 fully saturated rings. The summed E-state index contributed by atoms with van der Waals surface area (Å²) in [5, 5.41) is 3.43. The highest BCUT2D eigenvalue weighted by Crippen LogP contribution is 2.22. The molecule has 2 heterocycles. The van der Waals surface area contributed by atoms with E-state index in [1.54, 1.807) is 13.2 Å². The molecule has 8 heteroatoms. The molecule has 0 saturated carbocycles. The first-order valence-electron chi connectivity index (χ1n) is 11.2. The molecule has 0 spiro atoms. The third-order valence-electron chi connectivity index (χ3n) is 5.65. The smallest absolute Gasteiger partial charge is 0.250 e. The molecule has 1 saturated heterocycles. The van der Waals surface area contributed by atoms with Gasteiger partial charge in [0, 0.05) is 69.3 Å². The standard InChI is InChI=1S/C24H35N5O2.HI/c1-4-25-24(26-13-5-6-14-29-20(2)9-7-12-23(29)30)28-17-15-27(16-18-28)21-10-8-11-22(19-21)31-3;/h7-12,19H,4-6,13-18H2,1-3H3,(H,25,26);1H. The first kappa shape index (κ1) is 26.0. The SMILES string of the molecule is CCNC(=NCCCCn1c(C)cccc1=O)N1CCN(c2cccc(OC)c2)CC1.I. The van der Waals surface area contributed by atoms with E-state index in [2.05, 4.69) is 34.2 Å². The van der Waals surface area contributed by atoms with Gasteiger partial charge >= 0.3 is 0 Å². The summed E-state index contributed by atoms with van der Waals surface area (Å²) in [4.78, 5) is 21.6. The van der Waals surface area contributed by atoms with Crippen LogP contribution in [0.2, 0.25) is 0 Å². The van der Waals surface area contributed by atoms with Crippen LogP contribution in [0.4, 0.5) is 5.69 Å². The molecule has 0 radical (unpaired) electrons. The number of methoxy groups -OCH3 is 1. The number of nitrogens with zero attached hydrogens (tertiary/aromatic N) is 4. The zero-order valence-corrected chi connectivity index (χ0v) is 21.7. The minimum absolute atomic E-state index is 0. The Morgan fingerprint density at radius 3 is 2.53 bits per heavy atom. The first-order chi connectivity index (χ1) is 15.1. The second-order valence-corrected chi connectivity index (χ2v) is 7.78. The van der Waals surface area contributed by atoms with E-state index >= 15 is 0 Å². The molecule has 0 unspecified atom stereocenters. The number of guanidine groups is 1. The third kappa shape index (κ3) is 7.15. The average molecular weight is 553 g/mol. The number of halogens is 1. The van der Waals surface area contributed by atoms with E-state index in [9.17, 15) is 4.79 Å². The number of unbranched alkanes of at least 4 members (excludes halogenated alkanes) is 1. The normalized spacial score (nSPS) is 14.2. The Bertz CT molecular complexity index is 923. The Balaban J connectivity index is 0.00000363. The second-order valence-electron chi connectivity index (χ2n) is 7.78. The number of piperazine rings is 1. The van der Waals surface area contributed by atoms with Crippen LogP contribution in [0, 0.1) is 6.92 Å². The zero-order valence-electron chi connectivity index (χ0n) is 19.4. The Labute approximate surface area is 208 Å². The summed E-state index contributed by atoms with van der Waals surface area (Å²) in [5.41, 5.74) is 2.29. The van der Waals surface area contributed by atoms with Crippen molar-refractivity contribution in [3.63, 3.8) is 0 Å². The van der Waals surface area contributed by atoms with E-state index in [1.807, 2.05) is 35.8 Å². The van der Waals surface area contributed by atoms with Crippen LogP contribution < -0.4 is 20.5 Å². The summed E-state index contributed by atoms with van der Waals surface area (Å²) >= 11 is 0. The second kappa shape index (κ2) is 13.3. The predicted octanol–water partition coefficient (Wildman–Crippen LogP) is 3.35. The Kier molecular flexibility index (Phi) is 10.9. The molecule has 0 amide bonds. The quantitative estimate of drug-likeness (QED) is 0.235. The van der Waals surface area contributed by atoms with Crippen LogP contribution in [0.1, 0.15) is 25.5 Å². The van der Waals surface area contributed by atoms with Crippen LogP contribution in [0.5, 0.6) is 5.75 Å². The number of benzene rings is 1. The van der Waals surface area contributed by atoms with Gasteiger partial charge in [-0.05, 0) is 44.9 Å². The fourth-order valence-electron chi connectivity index (χ4n) is 3.89. The number of nitrogens with one attached hydrogen (secondary N) is 1. The number of hydrogen-bond acceptors (Lipinski definition) is 4. The highest BCUT2D eigenvalue weighted by atomic mass is 127. The molecule has 0 bridgehead atoms. The van der Waals surface area contributed by atoms with Crippen molar-refractivity contribution in [2.75, 3.05) is 51.3 Å². The number of ether oxygens (including phenoxy) is 1. The average Bonchev–Trinajstić information content (AvgIpc) is 2.80. The molecule has 3 rings (SSSR count). The molecule has 32 heavy (non-hydrogen) atoms. The monoisotopic (exact) mass is 553 g/mol. The van der Waals surface area contributed by atoms with Gasteiger partial charge in [-0.3, -0.25) is 9.79 Å². The maximum absolute atomic E-state index is 12.0. The zero-order chi connectivity index (χ0) is 22.1. The van der Waals surface area contributed by atoms with Crippen LogP contribution in [-0.2, 0) is 6.54 Å². The molecule has 0 aliphatic carbocycles. The van der Waals surface area contributed by atoms with Gasteiger partial charge in [0.2, 0.25) is 0 Å². The molecule has 1 aromatic carbocycles. The highest BCUT2D eigenvalue weighted by Gasteiger charge is 2.20. The number of anilines is 1. The maximum atomic E-state index is 12.0. The lowest BCUT2D eigenvalue weighted by molar-refractivity contribution is 0.371. The lowest BCUT2D eigenvalue weighted by Crippen LogP contribution is -2.52. The molecule has 0 atom stereocenters. The predicted molar refractivity (Wildman–Crippen MR) is 143 cm³/mol. The maximum Gasteiger partial charge on any atom is 0.250 e. The van der Waals surface area contributed by atoms with Crippen molar-refractivity contribution < 1.29 is 4.74 Å². The van der Waals surface area contributed by atoms with Gasteiger partial charge in [-0.15, -0.1) is 24.0 Å². The van der Waals surface area contributed by atoms with Crippen LogP contribution in [0.3, 0.4) is 0 Å². The van der Waals surface area contributed by atoms with E-state index < -0.39 is 0 Å². The molecular formula is C24H36IN5O2. The summed E-state index contributed by atoms with van der Waals surface area (Å²) in [6, 6.07) is 13.7. The van der Waals surface area contributed by atoms with Crippen LogP contribution >= 0.6 is 24.0 Å². The summed E-state index contributed by atoms with van der Waals surface area (Å²) < 4.78 is 7.20. The van der Waals surface area contributed by atoms with Crippen LogP contribution in [0.15, 0.2) is 52.3 Å². The minimum Gasteiger partial charge on any atom is -0.497 e. The number of hydrogen-bond donors (Lipinski definition) is 1. The Morgan fingerprint density at radius 1 is 1.09 bits per heavy atom. The Hall–Kier alpha value is -2.23. The van der Waals surface area contributed by atoms with Gasteiger partial charge in [0.25, 0.3) is 5.56 Å². The van der Waals surface area contributed by atoms with Gasteiger partial charge in [0.05, 0.1) is 7.11 Å². The summed E-state index contributed by atoms with van der Waals surface area (Å²) in [6.07, 6.45) is 1.90. The summed E-state index contributed by atoms with van der Waals surface area (Å²) in [6.45, 7) is 10.2. The fourth-order valence-corrected chi connectivity index (χ4v) is 3.89. The van der Waals surface area contributed by atoms with Gasteiger partial charge in [-0.25, -0.2) is 0 Å². The lowest BCUT2D eigenvalue weighted by atomic mass is 10.2. The molecule has 1 N–H and O–H groups in total. The first-order valence-corrected chi connectivity index (χ1v) is 11.2. The number of aliphatic imine (C=N–C) groups is 1. The van der Waals surface area contributed by atoms with Gasteiger partial charge in [0.15, 0.2) is 5.96 Å². The van der Waals surface area contributed by atoms with E-state index in [-0.39, 0.29) is 29.5 Å². The molecule has 7 nitrogen and oxygen atoms in total. The largest absolute Gasteiger partial charge is 0.497 e. The number of aromatic nitrogens is 1. The van der Waals surface area contributed by atoms with Crippen molar-refractivity contribution in [3.05, 3.63) is 58.5 Å². The molecule has 2 aromatic rings. The Morgan fingerprint density at radius 2 is 1.84 bits per heavy atom. The van der Waals surface area contributed by atoms with Crippen molar-refractivity contribution in [3.8, 4) is 5.75 Å². The van der Waals surface area contributed by atoms with Crippen LogP contribution in [-0.4, -0.2) is 61.8 Å². The lowest BCUT2D eigenvalue weighted by Gasteiger charge is -2.37. The van der Waals surface area contributed by atoms with Gasteiger partial charge in [-0.1, -0.05) is 12.1 Å². The topological polar surface area (TPSA) is 62.1 Å². The minimum atomic E-state index is 0. The van der Waals surface area contributed by atoms with Crippen molar-refractivity contribution in [2.45, 2.75) is 33.2 Å². The van der Waals surface area contributed by atoms with Crippen molar-refractivity contribution in [1.29, 1.82) is 0 Å². The van der Waals surface area contributed by atoms with Gasteiger partial charge in [-0.2, -0.15) is 0 Å². The molecule has 1 aliphatic heterocycles. The fraction of sp³-hybridized carbons (Fsp3) is 0.500. The van der Waals surface area contributed by atoms with Crippen LogP contribution in [0.25, 0.3) is 0 Å².